The number of anilines is 1. The highest BCUT2D eigenvalue weighted by atomic mass is 19.1. The summed E-state index contributed by atoms with van der Waals surface area (Å²) in [5, 5.41) is 2.49. The van der Waals surface area contributed by atoms with Crippen molar-refractivity contribution in [2.24, 2.45) is 0 Å². The molecule has 0 aliphatic heterocycles. The topological polar surface area (TPSA) is 55.4 Å². The number of carbonyl (C=O) groups is 2. The zero-order valence-electron chi connectivity index (χ0n) is 14.5. The van der Waals surface area contributed by atoms with Gasteiger partial charge in [-0.1, -0.05) is 54.6 Å². The summed E-state index contributed by atoms with van der Waals surface area (Å²) < 4.78 is 18.3. The van der Waals surface area contributed by atoms with E-state index >= 15 is 0 Å². The van der Waals surface area contributed by atoms with Gasteiger partial charge >= 0.3 is 5.97 Å². The minimum atomic E-state index is -0.573. The number of halogens is 1. The Balaban J connectivity index is 1.62. The number of benzene rings is 3. The maximum absolute atomic E-state index is 13.1. The molecule has 0 atom stereocenters. The first-order valence-electron chi connectivity index (χ1n) is 8.46. The van der Waals surface area contributed by atoms with Crippen molar-refractivity contribution in [2.45, 2.75) is 6.42 Å². The van der Waals surface area contributed by atoms with Gasteiger partial charge in [0.1, 0.15) is 5.82 Å². The van der Waals surface area contributed by atoms with E-state index in [1.165, 1.54) is 18.2 Å². The summed E-state index contributed by atoms with van der Waals surface area (Å²) in [6, 6.07) is 22.4. The van der Waals surface area contributed by atoms with Crippen molar-refractivity contribution in [3.8, 4) is 0 Å². The largest absolute Gasteiger partial charge is 0.452 e. The van der Waals surface area contributed by atoms with Crippen LogP contribution >= 0.6 is 0 Å². The van der Waals surface area contributed by atoms with Crippen LogP contribution in [0.25, 0.3) is 0 Å². The first-order chi connectivity index (χ1) is 13.1. The molecule has 0 bridgehead atoms. The summed E-state index contributed by atoms with van der Waals surface area (Å²) >= 11 is 0. The van der Waals surface area contributed by atoms with Crippen LogP contribution in [0.4, 0.5) is 10.1 Å². The van der Waals surface area contributed by atoms with Crippen molar-refractivity contribution >= 4 is 17.6 Å². The van der Waals surface area contributed by atoms with Gasteiger partial charge in [-0.05, 0) is 41.8 Å². The molecule has 0 aliphatic rings. The monoisotopic (exact) mass is 363 g/mol. The van der Waals surface area contributed by atoms with E-state index in [9.17, 15) is 14.0 Å². The van der Waals surface area contributed by atoms with E-state index in [4.69, 9.17) is 4.74 Å². The lowest BCUT2D eigenvalue weighted by molar-refractivity contribution is -0.119. The van der Waals surface area contributed by atoms with Crippen LogP contribution in [0.1, 0.15) is 21.5 Å². The van der Waals surface area contributed by atoms with Crippen LogP contribution < -0.4 is 5.32 Å². The minimum Gasteiger partial charge on any atom is -0.452 e. The molecule has 3 aromatic carbocycles. The second-order valence-electron chi connectivity index (χ2n) is 5.95. The summed E-state index contributed by atoms with van der Waals surface area (Å²) in [7, 11) is 0. The Kier molecular flexibility index (Phi) is 5.94. The number of hydrogen-bond acceptors (Lipinski definition) is 3. The number of ether oxygens (including phenoxy) is 1. The standard InChI is InChI=1S/C22H18FNO3/c23-18-10-6-11-19(14-18)24-21(25)15-27-22(26)20-12-5-4-9-17(20)13-16-7-2-1-3-8-16/h1-12,14H,13,15H2,(H,24,25). The highest BCUT2D eigenvalue weighted by Crippen LogP contribution is 2.16. The van der Waals surface area contributed by atoms with Gasteiger partial charge in [-0.3, -0.25) is 4.79 Å². The molecule has 0 heterocycles. The van der Waals surface area contributed by atoms with E-state index in [0.717, 1.165) is 11.1 Å². The summed E-state index contributed by atoms with van der Waals surface area (Å²) in [5.41, 5.74) is 2.61. The summed E-state index contributed by atoms with van der Waals surface area (Å²) in [6.45, 7) is -0.449. The number of amides is 1. The molecule has 3 aromatic rings. The van der Waals surface area contributed by atoms with Gasteiger partial charge in [0.15, 0.2) is 6.61 Å². The van der Waals surface area contributed by atoms with Crippen LogP contribution in [0.3, 0.4) is 0 Å². The minimum absolute atomic E-state index is 0.306. The van der Waals surface area contributed by atoms with E-state index in [1.807, 2.05) is 42.5 Å². The molecule has 0 saturated heterocycles. The molecule has 5 heteroatoms. The summed E-state index contributed by atoms with van der Waals surface area (Å²) in [6.07, 6.45) is 0.585. The van der Waals surface area contributed by atoms with Crippen molar-refractivity contribution < 1.29 is 18.7 Å². The number of hydrogen-bond donors (Lipinski definition) is 1. The average Bonchev–Trinajstić information content (AvgIpc) is 2.67. The van der Waals surface area contributed by atoms with Gasteiger partial charge in [-0.25, -0.2) is 9.18 Å². The molecule has 0 saturated carbocycles. The molecule has 0 radical (unpaired) electrons. The van der Waals surface area contributed by atoms with E-state index in [2.05, 4.69) is 5.32 Å². The second-order valence-corrected chi connectivity index (χ2v) is 5.95. The Hall–Kier alpha value is -3.47. The predicted molar refractivity (Wildman–Crippen MR) is 101 cm³/mol. The Morgan fingerprint density at radius 3 is 2.41 bits per heavy atom. The Bertz CT molecular complexity index is 941. The highest BCUT2D eigenvalue weighted by Gasteiger charge is 2.14. The predicted octanol–water partition coefficient (Wildman–Crippen LogP) is 4.21. The van der Waals surface area contributed by atoms with Crippen molar-refractivity contribution in [3.63, 3.8) is 0 Å². The normalized spacial score (nSPS) is 10.3. The van der Waals surface area contributed by atoms with Crippen LogP contribution in [-0.2, 0) is 16.0 Å². The first kappa shape index (κ1) is 18.3. The molecular formula is C22H18FNO3. The maximum atomic E-state index is 13.1. The molecular weight excluding hydrogens is 345 g/mol. The Morgan fingerprint density at radius 1 is 0.889 bits per heavy atom. The van der Waals surface area contributed by atoms with Crippen LogP contribution in [0.2, 0.25) is 0 Å². The number of nitrogens with one attached hydrogen (secondary N) is 1. The summed E-state index contributed by atoms with van der Waals surface area (Å²) in [4.78, 5) is 24.3. The van der Waals surface area contributed by atoms with Gasteiger partial charge in [0.25, 0.3) is 5.91 Å². The fourth-order valence-corrected chi connectivity index (χ4v) is 2.66. The van der Waals surface area contributed by atoms with Crippen LogP contribution in [0.15, 0.2) is 78.9 Å². The third kappa shape index (κ3) is 5.25. The number of esters is 1. The fourth-order valence-electron chi connectivity index (χ4n) is 2.66. The van der Waals surface area contributed by atoms with Gasteiger partial charge in [-0.15, -0.1) is 0 Å². The molecule has 0 spiro atoms. The SMILES string of the molecule is O=C(COC(=O)c1ccccc1Cc1ccccc1)Nc1cccc(F)c1. The molecule has 0 aliphatic carbocycles. The molecule has 0 unspecified atom stereocenters. The third-order valence-electron chi connectivity index (χ3n) is 3.92. The Morgan fingerprint density at radius 2 is 1.63 bits per heavy atom. The second kappa shape index (κ2) is 8.76. The van der Waals surface area contributed by atoms with Gasteiger partial charge in [0.2, 0.25) is 0 Å². The molecule has 0 aromatic heterocycles. The van der Waals surface area contributed by atoms with Gasteiger partial charge in [0, 0.05) is 5.69 Å². The van der Waals surface area contributed by atoms with Crippen LogP contribution in [0.5, 0.6) is 0 Å². The van der Waals surface area contributed by atoms with Crippen molar-refractivity contribution in [1.29, 1.82) is 0 Å². The quantitative estimate of drug-likeness (QED) is 0.668. The van der Waals surface area contributed by atoms with Gasteiger partial charge in [0.05, 0.1) is 5.56 Å². The first-order valence-corrected chi connectivity index (χ1v) is 8.46. The van der Waals surface area contributed by atoms with Gasteiger partial charge < -0.3 is 10.1 Å². The van der Waals surface area contributed by atoms with E-state index in [-0.39, 0.29) is 0 Å². The molecule has 27 heavy (non-hydrogen) atoms. The lowest BCUT2D eigenvalue weighted by Crippen LogP contribution is -2.21. The van der Waals surface area contributed by atoms with E-state index in [1.54, 1.807) is 18.2 Å². The van der Waals surface area contributed by atoms with Crippen LogP contribution in [-0.4, -0.2) is 18.5 Å². The van der Waals surface area contributed by atoms with Crippen molar-refractivity contribution in [3.05, 3.63) is 101 Å². The van der Waals surface area contributed by atoms with Crippen molar-refractivity contribution in [1.82, 2.24) is 0 Å². The number of carbonyl (C=O) groups excluding carboxylic acids is 2. The van der Waals surface area contributed by atoms with Gasteiger partial charge in [-0.2, -0.15) is 0 Å². The molecule has 136 valence electrons. The smallest absolute Gasteiger partial charge is 0.338 e. The van der Waals surface area contributed by atoms with Crippen LogP contribution in [0, 0.1) is 5.82 Å². The zero-order chi connectivity index (χ0) is 19.1. The molecule has 4 nitrogen and oxygen atoms in total. The van der Waals surface area contributed by atoms with E-state index < -0.39 is 24.3 Å². The van der Waals surface area contributed by atoms with E-state index in [0.29, 0.717) is 17.7 Å². The number of rotatable bonds is 6. The van der Waals surface area contributed by atoms with Crippen molar-refractivity contribution in [2.75, 3.05) is 11.9 Å². The fraction of sp³-hybridized carbons (Fsp3) is 0.0909. The molecule has 0 fully saturated rings. The summed E-state index contributed by atoms with van der Waals surface area (Å²) in [5.74, 6) is -1.56. The zero-order valence-corrected chi connectivity index (χ0v) is 14.5. The Labute approximate surface area is 156 Å². The molecule has 3 rings (SSSR count). The highest BCUT2D eigenvalue weighted by molar-refractivity contribution is 5.96. The average molecular weight is 363 g/mol. The lowest BCUT2D eigenvalue weighted by atomic mass is 10.00. The maximum Gasteiger partial charge on any atom is 0.338 e. The molecule has 1 amide bonds. The third-order valence-corrected chi connectivity index (χ3v) is 3.92. The molecule has 1 N–H and O–H groups in total. The lowest BCUT2D eigenvalue weighted by Gasteiger charge is -2.10.